The quantitative estimate of drug-likeness (QED) is 0.879. The molecule has 1 fully saturated rings. The highest BCUT2D eigenvalue weighted by atomic mass is 32.2. The molecule has 0 heterocycles. The smallest absolute Gasteiger partial charge is 0.243 e. The van der Waals surface area contributed by atoms with Gasteiger partial charge in [0.2, 0.25) is 10.0 Å². The maximum Gasteiger partial charge on any atom is 0.243 e. The predicted molar refractivity (Wildman–Crippen MR) is 85.7 cm³/mol. The van der Waals surface area contributed by atoms with E-state index in [1.54, 1.807) is 17.4 Å². The van der Waals surface area contributed by atoms with Crippen LogP contribution in [0.5, 0.6) is 0 Å². The third kappa shape index (κ3) is 3.47. The summed E-state index contributed by atoms with van der Waals surface area (Å²) < 4.78 is 27.1. The van der Waals surface area contributed by atoms with Gasteiger partial charge in [-0.05, 0) is 44.0 Å². The predicted octanol–water partition coefficient (Wildman–Crippen LogP) is 2.92. The first kappa shape index (κ1) is 16.5. The Morgan fingerprint density at radius 3 is 2.57 bits per heavy atom. The topological polar surface area (TPSA) is 49.4 Å². The molecule has 0 saturated heterocycles. The molecule has 1 aromatic carbocycles. The SMILES string of the molecule is CCC(NC)c1cccc(S(=O)(=O)N(C)C2CCCC2)c1. The van der Waals surface area contributed by atoms with Crippen LogP contribution in [0.15, 0.2) is 29.2 Å². The fourth-order valence-corrected chi connectivity index (χ4v) is 4.60. The fourth-order valence-electron chi connectivity index (χ4n) is 3.13. The minimum Gasteiger partial charge on any atom is -0.313 e. The summed E-state index contributed by atoms with van der Waals surface area (Å²) in [5.41, 5.74) is 1.03. The molecule has 1 aromatic rings. The maximum atomic E-state index is 12.8. The number of benzene rings is 1. The first-order valence-electron chi connectivity index (χ1n) is 7.76. The summed E-state index contributed by atoms with van der Waals surface area (Å²) in [5.74, 6) is 0. The molecule has 1 atom stereocenters. The standard InChI is InChI=1S/C16H26N2O2S/c1-4-16(17-2)13-8-7-11-15(12-13)21(19,20)18(3)14-9-5-6-10-14/h7-8,11-12,14,16-17H,4-6,9-10H2,1-3H3. The highest BCUT2D eigenvalue weighted by molar-refractivity contribution is 7.89. The maximum absolute atomic E-state index is 12.8. The van der Waals surface area contributed by atoms with Gasteiger partial charge in [0.05, 0.1) is 4.90 Å². The largest absolute Gasteiger partial charge is 0.313 e. The number of sulfonamides is 1. The summed E-state index contributed by atoms with van der Waals surface area (Å²) in [4.78, 5) is 0.406. The molecule has 5 heteroatoms. The molecule has 0 amide bonds. The molecule has 1 aliphatic rings. The number of nitrogens with zero attached hydrogens (tertiary/aromatic N) is 1. The average Bonchev–Trinajstić information content (AvgIpc) is 3.02. The van der Waals surface area contributed by atoms with E-state index in [0.717, 1.165) is 37.7 Å². The minimum atomic E-state index is -3.39. The van der Waals surface area contributed by atoms with Gasteiger partial charge in [0.25, 0.3) is 0 Å². The van der Waals surface area contributed by atoms with Crippen molar-refractivity contribution in [3.8, 4) is 0 Å². The van der Waals surface area contributed by atoms with Gasteiger partial charge in [0, 0.05) is 19.1 Å². The van der Waals surface area contributed by atoms with E-state index in [4.69, 9.17) is 0 Å². The second kappa shape index (κ2) is 6.90. The van der Waals surface area contributed by atoms with Gasteiger partial charge in [-0.2, -0.15) is 4.31 Å². The van der Waals surface area contributed by atoms with Gasteiger partial charge in [-0.3, -0.25) is 0 Å². The van der Waals surface area contributed by atoms with Crippen molar-refractivity contribution in [2.24, 2.45) is 0 Å². The summed E-state index contributed by atoms with van der Waals surface area (Å²) in [7, 11) is 0.229. The van der Waals surface area contributed by atoms with E-state index in [0.29, 0.717) is 4.90 Å². The Labute approximate surface area is 128 Å². The number of hydrogen-bond acceptors (Lipinski definition) is 3. The van der Waals surface area contributed by atoms with Crippen molar-refractivity contribution in [1.82, 2.24) is 9.62 Å². The van der Waals surface area contributed by atoms with Crippen LogP contribution in [0.4, 0.5) is 0 Å². The number of nitrogens with one attached hydrogen (secondary N) is 1. The molecule has 4 nitrogen and oxygen atoms in total. The first-order valence-corrected chi connectivity index (χ1v) is 9.20. The zero-order chi connectivity index (χ0) is 15.5. The second-order valence-electron chi connectivity index (χ2n) is 5.78. The lowest BCUT2D eigenvalue weighted by Gasteiger charge is -2.24. The van der Waals surface area contributed by atoms with Crippen molar-refractivity contribution in [1.29, 1.82) is 0 Å². The normalized spacial score (nSPS) is 18.3. The number of hydrogen-bond donors (Lipinski definition) is 1. The Morgan fingerprint density at radius 1 is 1.33 bits per heavy atom. The van der Waals surface area contributed by atoms with Gasteiger partial charge in [-0.25, -0.2) is 8.42 Å². The van der Waals surface area contributed by atoms with Gasteiger partial charge in [-0.1, -0.05) is 31.9 Å². The summed E-state index contributed by atoms with van der Waals surface area (Å²) in [6, 6.07) is 7.68. The summed E-state index contributed by atoms with van der Waals surface area (Å²) in [6.45, 7) is 2.09. The molecule has 0 radical (unpaired) electrons. The van der Waals surface area contributed by atoms with Crippen LogP contribution in [-0.2, 0) is 10.0 Å². The van der Waals surface area contributed by atoms with E-state index in [1.807, 2.05) is 25.2 Å². The fraction of sp³-hybridized carbons (Fsp3) is 0.625. The average molecular weight is 310 g/mol. The van der Waals surface area contributed by atoms with Crippen LogP contribution < -0.4 is 5.32 Å². The van der Waals surface area contributed by atoms with Crippen LogP contribution in [-0.4, -0.2) is 32.9 Å². The molecule has 0 bridgehead atoms. The van der Waals surface area contributed by atoms with Crippen molar-refractivity contribution < 1.29 is 8.42 Å². The molecule has 1 unspecified atom stereocenters. The molecule has 0 aliphatic heterocycles. The van der Waals surface area contributed by atoms with Crippen molar-refractivity contribution in [2.45, 2.75) is 56.0 Å². The molecule has 1 aliphatic carbocycles. The van der Waals surface area contributed by atoms with E-state index in [2.05, 4.69) is 12.2 Å². The molecule has 1 saturated carbocycles. The molecule has 0 spiro atoms. The molecule has 0 aromatic heterocycles. The Hall–Kier alpha value is -0.910. The van der Waals surface area contributed by atoms with Gasteiger partial charge in [0.15, 0.2) is 0 Å². The van der Waals surface area contributed by atoms with Crippen LogP contribution >= 0.6 is 0 Å². The summed E-state index contributed by atoms with van der Waals surface area (Å²) in [6.07, 6.45) is 5.13. The third-order valence-corrected chi connectivity index (χ3v) is 6.44. The zero-order valence-electron chi connectivity index (χ0n) is 13.2. The van der Waals surface area contributed by atoms with Crippen LogP contribution in [0.1, 0.15) is 50.6 Å². The van der Waals surface area contributed by atoms with Crippen LogP contribution in [0.2, 0.25) is 0 Å². The van der Waals surface area contributed by atoms with Crippen molar-refractivity contribution in [2.75, 3.05) is 14.1 Å². The first-order chi connectivity index (χ1) is 10.0. The van der Waals surface area contributed by atoms with Crippen LogP contribution in [0, 0.1) is 0 Å². The van der Waals surface area contributed by atoms with Crippen molar-refractivity contribution in [3.05, 3.63) is 29.8 Å². The summed E-state index contributed by atoms with van der Waals surface area (Å²) >= 11 is 0. The van der Waals surface area contributed by atoms with Gasteiger partial charge >= 0.3 is 0 Å². The zero-order valence-corrected chi connectivity index (χ0v) is 14.0. The lowest BCUT2D eigenvalue weighted by molar-refractivity contribution is 0.373. The van der Waals surface area contributed by atoms with Gasteiger partial charge in [-0.15, -0.1) is 0 Å². The van der Waals surface area contributed by atoms with E-state index >= 15 is 0 Å². The van der Waals surface area contributed by atoms with Crippen LogP contribution in [0.25, 0.3) is 0 Å². The molecule has 2 rings (SSSR count). The molecule has 118 valence electrons. The van der Waals surface area contributed by atoms with Gasteiger partial charge in [0.1, 0.15) is 0 Å². The Bertz CT molecular complexity index is 561. The van der Waals surface area contributed by atoms with Crippen molar-refractivity contribution >= 4 is 10.0 Å². The number of rotatable bonds is 6. The Morgan fingerprint density at radius 2 is 2.00 bits per heavy atom. The Balaban J connectivity index is 2.29. The third-order valence-electron chi connectivity index (χ3n) is 4.53. The minimum absolute atomic E-state index is 0.157. The van der Waals surface area contributed by atoms with Crippen LogP contribution in [0.3, 0.4) is 0 Å². The van der Waals surface area contributed by atoms with E-state index in [9.17, 15) is 8.42 Å². The molecule has 1 N–H and O–H groups in total. The lowest BCUT2D eigenvalue weighted by atomic mass is 10.1. The molecular weight excluding hydrogens is 284 g/mol. The highest BCUT2D eigenvalue weighted by Crippen LogP contribution is 2.28. The summed E-state index contributed by atoms with van der Waals surface area (Å²) in [5, 5.41) is 3.22. The van der Waals surface area contributed by atoms with Crippen molar-refractivity contribution in [3.63, 3.8) is 0 Å². The molecular formula is C16H26N2O2S. The van der Waals surface area contributed by atoms with Gasteiger partial charge < -0.3 is 5.32 Å². The van der Waals surface area contributed by atoms with E-state index in [-0.39, 0.29) is 12.1 Å². The highest BCUT2D eigenvalue weighted by Gasteiger charge is 2.30. The monoisotopic (exact) mass is 310 g/mol. The second-order valence-corrected chi connectivity index (χ2v) is 7.78. The van der Waals surface area contributed by atoms with E-state index in [1.165, 1.54) is 0 Å². The molecule has 21 heavy (non-hydrogen) atoms. The Kier molecular flexibility index (Phi) is 5.41. The lowest BCUT2D eigenvalue weighted by Crippen LogP contribution is -2.35. The van der Waals surface area contributed by atoms with E-state index < -0.39 is 10.0 Å².